The van der Waals surface area contributed by atoms with Crippen molar-refractivity contribution < 1.29 is 19.4 Å². The normalized spacial score (nSPS) is 10.0. The molecule has 0 radical (unpaired) electrons. The highest BCUT2D eigenvalue weighted by atomic mass is 35.5. The summed E-state index contributed by atoms with van der Waals surface area (Å²) in [6.07, 6.45) is 0.739. The molecule has 0 aliphatic rings. The molecule has 1 amide bonds. The number of phenolic OH excluding ortho intramolecular Hbond substituents is 1. The van der Waals surface area contributed by atoms with Crippen LogP contribution in [-0.2, 0) is 9.53 Å². The average molecular weight is 286 g/mol. The number of benzene rings is 1. The fraction of sp³-hybridized carbons (Fsp3) is 0.385. The standard InChI is InChI=1S/C13H16ClNO4/c1-2-19-12(17)4-3-7-15-13(18)10-8-9(16)5-6-11(10)14/h5-6,8,16H,2-4,7H2,1H3,(H,15,18). The SMILES string of the molecule is CCOC(=O)CCCNC(=O)c1cc(O)ccc1Cl. The van der Waals surface area contributed by atoms with Gasteiger partial charge in [-0.25, -0.2) is 0 Å². The highest BCUT2D eigenvalue weighted by Crippen LogP contribution is 2.20. The smallest absolute Gasteiger partial charge is 0.305 e. The zero-order valence-electron chi connectivity index (χ0n) is 10.6. The van der Waals surface area contributed by atoms with Crippen molar-refractivity contribution in [3.8, 4) is 5.75 Å². The highest BCUT2D eigenvalue weighted by molar-refractivity contribution is 6.33. The first-order chi connectivity index (χ1) is 9.04. The molecule has 2 N–H and O–H groups in total. The van der Waals surface area contributed by atoms with Gasteiger partial charge in [0, 0.05) is 13.0 Å². The van der Waals surface area contributed by atoms with Gasteiger partial charge in [-0.15, -0.1) is 0 Å². The molecule has 19 heavy (non-hydrogen) atoms. The second kappa shape index (κ2) is 7.63. The number of carbonyl (C=O) groups is 2. The first-order valence-corrected chi connectivity index (χ1v) is 6.34. The van der Waals surface area contributed by atoms with Crippen LogP contribution < -0.4 is 5.32 Å². The second-order valence-corrected chi connectivity index (χ2v) is 4.24. The van der Waals surface area contributed by atoms with E-state index in [1.54, 1.807) is 6.92 Å². The Morgan fingerprint density at radius 1 is 1.42 bits per heavy atom. The minimum Gasteiger partial charge on any atom is -0.508 e. The van der Waals surface area contributed by atoms with Crippen LogP contribution in [-0.4, -0.2) is 30.1 Å². The molecule has 0 saturated heterocycles. The molecule has 0 atom stereocenters. The van der Waals surface area contributed by atoms with Gasteiger partial charge in [0.05, 0.1) is 17.2 Å². The van der Waals surface area contributed by atoms with Gasteiger partial charge in [-0.1, -0.05) is 11.6 Å². The van der Waals surface area contributed by atoms with Gasteiger partial charge in [0.1, 0.15) is 5.75 Å². The van der Waals surface area contributed by atoms with Gasteiger partial charge in [0.25, 0.3) is 5.91 Å². The molecule has 104 valence electrons. The third-order valence-electron chi connectivity index (χ3n) is 2.34. The molecule has 0 aliphatic heterocycles. The Kier molecular flexibility index (Phi) is 6.15. The molecule has 0 aliphatic carbocycles. The van der Waals surface area contributed by atoms with Crippen LogP contribution in [0.15, 0.2) is 18.2 Å². The molecule has 0 heterocycles. The summed E-state index contributed by atoms with van der Waals surface area (Å²) < 4.78 is 4.76. The number of ether oxygens (including phenoxy) is 1. The molecule has 0 aromatic heterocycles. The van der Waals surface area contributed by atoms with E-state index in [9.17, 15) is 14.7 Å². The van der Waals surface area contributed by atoms with Crippen molar-refractivity contribution in [2.45, 2.75) is 19.8 Å². The lowest BCUT2D eigenvalue weighted by atomic mass is 10.2. The first kappa shape index (κ1) is 15.3. The highest BCUT2D eigenvalue weighted by Gasteiger charge is 2.11. The van der Waals surface area contributed by atoms with Crippen LogP contribution in [0.5, 0.6) is 5.75 Å². The summed E-state index contributed by atoms with van der Waals surface area (Å²) in [4.78, 5) is 22.8. The Labute approximate surface area is 116 Å². The van der Waals surface area contributed by atoms with E-state index in [-0.39, 0.29) is 34.6 Å². The summed E-state index contributed by atoms with van der Waals surface area (Å²) in [5.74, 6) is -0.696. The van der Waals surface area contributed by atoms with Crippen LogP contribution in [0.2, 0.25) is 5.02 Å². The molecule has 1 aromatic carbocycles. The maximum Gasteiger partial charge on any atom is 0.305 e. The van der Waals surface area contributed by atoms with Crippen LogP contribution in [0.25, 0.3) is 0 Å². The summed E-state index contributed by atoms with van der Waals surface area (Å²) in [5, 5.41) is 12.2. The average Bonchev–Trinajstić information content (AvgIpc) is 2.37. The third kappa shape index (κ3) is 5.18. The van der Waals surface area contributed by atoms with Crippen molar-refractivity contribution in [2.24, 2.45) is 0 Å². The number of hydrogen-bond donors (Lipinski definition) is 2. The molecule has 0 spiro atoms. The van der Waals surface area contributed by atoms with E-state index in [1.165, 1.54) is 18.2 Å². The van der Waals surface area contributed by atoms with Crippen LogP contribution in [0.1, 0.15) is 30.1 Å². The number of hydrogen-bond acceptors (Lipinski definition) is 4. The first-order valence-electron chi connectivity index (χ1n) is 5.97. The topological polar surface area (TPSA) is 75.6 Å². The fourth-order valence-electron chi connectivity index (χ4n) is 1.45. The van der Waals surface area contributed by atoms with Crippen molar-refractivity contribution in [2.75, 3.05) is 13.2 Å². The minimum atomic E-state index is -0.384. The number of phenols is 1. The predicted octanol–water partition coefficient (Wildman–Crippen LogP) is 2.12. The van der Waals surface area contributed by atoms with E-state index in [0.29, 0.717) is 19.6 Å². The Morgan fingerprint density at radius 3 is 2.84 bits per heavy atom. The van der Waals surface area contributed by atoms with E-state index in [4.69, 9.17) is 16.3 Å². The molecule has 0 unspecified atom stereocenters. The van der Waals surface area contributed by atoms with Crippen molar-refractivity contribution in [1.82, 2.24) is 5.32 Å². The minimum absolute atomic E-state index is 0.0268. The predicted molar refractivity (Wildman–Crippen MR) is 71.3 cm³/mol. The van der Waals surface area contributed by atoms with Gasteiger partial charge in [-0.2, -0.15) is 0 Å². The number of nitrogens with one attached hydrogen (secondary N) is 1. The largest absolute Gasteiger partial charge is 0.508 e. The maximum absolute atomic E-state index is 11.8. The lowest BCUT2D eigenvalue weighted by Gasteiger charge is -2.07. The van der Waals surface area contributed by atoms with Crippen LogP contribution >= 0.6 is 11.6 Å². The summed E-state index contributed by atoms with van der Waals surface area (Å²) in [5.41, 5.74) is 0.206. The Balaban J connectivity index is 2.39. The molecule has 0 fully saturated rings. The van der Waals surface area contributed by atoms with E-state index in [0.717, 1.165) is 0 Å². The number of halogens is 1. The molecule has 1 aromatic rings. The second-order valence-electron chi connectivity index (χ2n) is 3.83. The lowest BCUT2D eigenvalue weighted by molar-refractivity contribution is -0.143. The van der Waals surface area contributed by atoms with Crippen molar-refractivity contribution >= 4 is 23.5 Å². The van der Waals surface area contributed by atoms with Crippen molar-refractivity contribution in [1.29, 1.82) is 0 Å². The Morgan fingerprint density at radius 2 is 2.16 bits per heavy atom. The van der Waals surface area contributed by atoms with Crippen molar-refractivity contribution in [3.05, 3.63) is 28.8 Å². The fourth-order valence-corrected chi connectivity index (χ4v) is 1.65. The summed E-state index contributed by atoms with van der Waals surface area (Å²) in [7, 11) is 0. The summed E-state index contributed by atoms with van der Waals surface area (Å²) >= 11 is 5.85. The lowest BCUT2D eigenvalue weighted by Crippen LogP contribution is -2.25. The molecule has 0 bridgehead atoms. The van der Waals surface area contributed by atoms with E-state index in [2.05, 4.69) is 5.32 Å². The van der Waals surface area contributed by atoms with Crippen molar-refractivity contribution in [3.63, 3.8) is 0 Å². The van der Waals surface area contributed by atoms with E-state index < -0.39 is 0 Å². The number of aromatic hydroxyl groups is 1. The monoisotopic (exact) mass is 285 g/mol. The Hall–Kier alpha value is -1.75. The number of amides is 1. The molecule has 6 heteroatoms. The maximum atomic E-state index is 11.8. The van der Waals surface area contributed by atoms with E-state index in [1.807, 2.05) is 0 Å². The van der Waals surface area contributed by atoms with Gasteiger partial charge in [-0.3, -0.25) is 9.59 Å². The van der Waals surface area contributed by atoms with Gasteiger partial charge in [0.15, 0.2) is 0 Å². The quantitative estimate of drug-likeness (QED) is 0.620. The van der Waals surface area contributed by atoms with Gasteiger partial charge in [-0.05, 0) is 31.5 Å². The van der Waals surface area contributed by atoms with Gasteiger partial charge >= 0.3 is 5.97 Å². The number of rotatable bonds is 6. The van der Waals surface area contributed by atoms with Crippen LogP contribution in [0.4, 0.5) is 0 Å². The molecular weight excluding hydrogens is 270 g/mol. The zero-order valence-corrected chi connectivity index (χ0v) is 11.4. The van der Waals surface area contributed by atoms with Gasteiger partial charge < -0.3 is 15.2 Å². The molecule has 5 nitrogen and oxygen atoms in total. The number of carbonyl (C=O) groups excluding carboxylic acids is 2. The van der Waals surface area contributed by atoms with Crippen LogP contribution in [0.3, 0.4) is 0 Å². The Bertz CT molecular complexity index is 462. The molecule has 0 saturated carbocycles. The van der Waals surface area contributed by atoms with E-state index >= 15 is 0 Å². The third-order valence-corrected chi connectivity index (χ3v) is 2.67. The summed E-state index contributed by atoms with van der Waals surface area (Å²) in [6.45, 7) is 2.43. The molecular formula is C13H16ClNO4. The van der Waals surface area contributed by atoms with Crippen LogP contribution in [0, 0.1) is 0 Å². The summed E-state index contributed by atoms with van der Waals surface area (Å²) in [6, 6.07) is 4.15. The number of esters is 1. The molecule has 1 rings (SSSR count). The van der Waals surface area contributed by atoms with Gasteiger partial charge in [0.2, 0.25) is 0 Å². The zero-order chi connectivity index (χ0) is 14.3.